The third-order valence-corrected chi connectivity index (χ3v) is 3.90. The molecule has 98 valence electrons. The Morgan fingerprint density at radius 3 is 2.33 bits per heavy atom. The Morgan fingerprint density at radius 1 is 1.17 bits per heavy atom. The van der Waals surface area contributed by atoms with E-state index in [-0.39, 0.29) is 5.91 Å². The number of carbonyl (C=O) groups is 1. The van der Waals surface area contributed by atoms with E-state index in [1.807, 2.05) is 29.2 Å². The van der Waals surface area contributed by atoms with E-state index in [4.69, 9.17) is 0 Å². The van der Waals surface area contributed by atoms with Gasteiger partial charge in [0.05, 0.1) is 0 Å². The van der Waals surface area contributed by atoms with Crippen LogP contribution in [0.5, 0.6) is 0 Å². The fourth-order valence-electron chi connectivity index (χ4n) is 2.09. The van der Waals surface area contributed by atoms with Crippen LogP contribution in [0.15, 0.2) is 28.7 Å². The van der Waals surface area contributed by atoms with Gasteiger partial charge in [-0.3, -0.25) is 9.69 Å². The summed E-state index contributed by atoms with van der Waals surface area (Å²) < 4.78 is 0.998. The van der Waals surface area contributed by atoms with Crippen LogP contribution in [-0.2, 0) is 0 Å². The highest BCUT2D eigenvalue weighted by Crippen LogP contribution is 2.13. The molecule has 1 heterocycles. The number of nitrogens with zero attached hydrogens (tertiary/aromatic N) is 2. The second-order valence-corrected chi connectivity index (χ2v) is 5.73. The van der Waals surface area contributed by atoms with Crippen molar-refractivity contribution in [2.24, 2.45) is 0 Å². The number of hydrogen-bond donors (Lipinski definition) is 1. The first-order valence-corrected chi connectivity index (χ1v) is 7.51. The molecule has 0 N–H and O–H groups in total. The van der Waals surface area contributed by atoms with Crippen LogP contribution in [0.25, 0.3) is 0 Å². The van der Waals surface area contributed by atoms with Gasteiger partial charge in [-0.05, 0) is 24.3 Å². The number of amides is 1. The predicted octanol–water partition coefficient (Wildman–Crippen LogP) is 2.14. The third-order valence-electron chi connectivity index (χ3n) is 3.17. The number of halogens is 1. The molecule has 0 atom stereocenters. The molecule has 1 amide bonds. The summed E-state index contributed by atoms with van der Waals surface area (Å²) in [6.45, 7) is 4.51. The van der Waals surface area contributed by atoms with E-state index in [1.54, 1.807) is 0 Å². The van der Waals surface area contributed by atoms with Gasteiger partial charge in [-0.15, -0.1) is 0 Å². The van der Waals surface area contributed by atoms with Crippen molar-refractivity contribution in [2.75, 3.05) is 38.5 Å². The summed E-state index contributed by atoms with van der Waals surface area (Å²) in [5.74, 6) is 1.01. The molecule has 1 fully saturated rings. The second kappa shape index (κ2) is 6.59. The van der Waals surface area contributed by atoms with E-state index in [9.17, 15) is 4.79 Å². The molecule has 1 aliphatic heterocycles. The van der Waals surface area contributed by atoms with Crippen molar-refractivity contribution in [1.82, 2.24) is 9.80 Å². The number of piperazine rings is 1. The molecule has 0 spiro atoms. The summed E-state index contributed by atoms with van der Waals surface area (Å²) >= 11 is 7.61. The Balaban J connectivity index is 1.93. The molecular weight excluding hydrogens is 312 g/mol. The van der Waals surface area contributed by atoms with Gasteiger partial charge in [0.2, 0.25) is 0 Å². The van der Waals surface area contributed by atoms with Gasteiger partial charge < -0.3 is 4.90 Å². The Hall–Kier alpha value is -0.520. The zero-order valence-corrected chi connectivity index (χ0v) is 12.7. The van der Waals surface area contributed by atoms with Crippen molar-refractivity contribution >= 4 is 34.5 Å². The molecule has 0 bridgehead atoms. The van der Waals surface area contributed by atoms with Gasteiger partial charge in [0.1, 0.15) is 0 Å². The fourth-order valence-corrected chi connectivity index (χ4v) is 2.64. The molecule has 0 radical (unpaired) electrons. The van der Waals surface area contributed by atoms with E-state index in [1.165, 1.54) is 0 Å². The Morgan fingerprint density at radius 2 is 1.78 bits per heavy atom. The molecule has 1 aromatic rings. The van der Waals surface area contributed by atoms with Crippen LogP contribution in [0.4, 0.5) is 0 Å². The van der Waals surface area contributed by atoms with Crippen molar-refractivity contribution in [3.8, 4) is 0 Å². The molecule has 1 aliphatic rings. The van der Waals surface area contributed by atoms with Crippen LogP contribution in [0.1, 0.15) is 10.4 Å². The Bertz CT molecular complexity index is 402. The van der Waals surface area contributed by atoms with Crippen LogP contribution in [-0.4, -0.2) is 54.2 Å². The van der Waals surface area contributed by atoms with Crippen LogP contribution >= 0.6 is 28.6 Å². The molecule has 2 rings (SSSR count). The first kappa shape index (κ1) is 13.9. The lowest BCUT2D eigenvalue weighted by Gasteiger charge is -2.34. The number of benzene rings is 1. The maximum Gasteiger partial charge on any atom is 0.253 e. The number of hydrogen-bond acceptors (Lipinski definition) is 3. The summed E-state index contributed by atoms with van der Waals surface area (Å²) in [5.41, 5.74) is 0.765. The largest absolute Gasteiger partial charge is 0.336 e. The molecule has 18 heavy (non-hydrogen) atoms. The SMILES string of the molecule is O=C(c1ccc(Br)cc1)N1CCN(CCS)CC1. The van der Waals surface area contributed by atoms with E-state index in [2.05, 4.69) is 33.5 Å². The maximum absolute atomic E-state index is 12.3. The average molecular weight is 329 g/mol. The van der Waals surface area contributed by atoms with Crippen molar-refractivity contribution in [3.05, 3.63) is 34.3 Å². The van der Waals surface area contributed by atoms with Gasteiger partial charge in [0, 0.05) is 48.5 Å². The molecule has 0 unspecified atom stereocenters. The lowest BCUT2D eigenvalue weighted by molar-refractivity contribution is 0.0645. The third kappa shape index (κ3) is 3.49. The minimum atomic E-state index is 0.132. The minimum Gasteiger partial charge on any atom is -0.336 e. The molecule has 1 saturated heterocycles. The van der Waals surface area contributed by atoms with Crippen LogP contribution in [0, 0.1) is 0 Å². The van der Waals surface area contributed by atoms with Crippen LogP contribution in [0.2, 0.25) is 0 Å². The molecule has 1 aromatic carbocycles. The van der Waals surface area contributed by atoms with E-state index in [0.29, 0.717) is 0 Å². The first-order valence-electron chi connectivity index (χ1n) is 6.09. The Kier molecular flexibility index (Phi) is 5.09. The van der Waals surface area contributed by atoms with Gasteiger partial charge in [-0.2, -0.15) is 12.6 Å². The number of carbonyl (C=O) groups excluding carboxylic acids is 1. The predicted molar refractivity (Wildman–Crippen MR) is 80.3 cm³/mol. The van der Waals surface area contributed by atoms with Gasteiger partial charge in [0.15, 0.2) is 0 Å². The molecule has 5 heteroatoms. The van der Waals surface area contributed by atoms with Crippen molar-refractivity contribution in [1.29, 1.82) is 0 Å². The zero-order chi connectivity index (χ0) is 13.0. The van der Waals surface area contributed by atoms with E-state index < -0.39 is 0 Å². The van der Waals surface area contributed by atoms with Gasteiger partial charge in [-0.1, -0.05) is 15.9 Å². The standard InChI is InChI=1S/C13H17BrN2OS/c14-12-3-1-11(2-4-12)13(17)16-7-5-15(6-8-16)9-10-18/h1-4,18H,5-10H2. The minimum absolute atomic E-state index is 0.132. The summed E-state index contributed by atoms with van der Waals surface area (Å²) in [7, 11) is 0. The molecular formula is C13H17BrN2OS. The van der Waals surface area contributed by atoms with Crippen LogP contribution in [0.3, 0.4) is 0 Å². The van der Waals surface area contributed by atoms with Crippen molar-refractivity contribution in [2.45, 2.75) is 0 Å². The highest BCUT2D eigenvalue weighted by Gasteiger charge is 2.21. The fraction of sp³-hybridized carbons (Fsp3) is 0.462. The monoisotopic (exact) mass is 328 g/mol. The average Bonchev–Trinajstić information content (AvgIpc) is 2.40. The van der Waals surface area contributed by atoms with Crippen molar-refractivity contribution < 1.29 is 4.79 Å². The highest BCUT2D eigenvalue weighted by atomic mass is 79.9. The maximum atomic E-state index is 12.3. The number of rotatable bonds is 3. The van der Waals surface area contributed by atoms with E-state index in [0.717, 1.165) is 48.5 Å². The van der Waals surface area contributed by atoms with Gasteiger partial charge >= 0.3 is 0 Å². The summed E-state index contributed by atoms with van der Waals surface area (Å²) in [5, 5.41) is 0. The molecule has 0 aliphatic carbocycles. The zero-order valence-electron chi connectivity index (χ0n) is 10.2. The normalized spacial score (nSPS) is 16.9. The molecule has 3 nitrogen and oxygen atoms in total. The summed E-state index contributed by atoms with van der Waals surface area (Å²) in [6, 6.07) is 7.55. The van der Waals surface area contributed by atoms with Gasteiger partial charge in [0.25, 0.3) is 5.91 Å². The summed E-state index contributed by atoms with van der Waals surface area (Å²) in [4.78, 5) is 16.5. The molecule has 0 aromatic heterocycles. The van der Waals surface area contributed by atoms with Crippen LogP contribution < -0.4 is 0 Å². The Labute approximate surface area is 122 Å². The van der Waals surface area contributed by atoms with Gasteiger partial charge in [-0.25, -0.2) is 0 Å². The molecule has 0 saturated carbocycles. The first-order chi connectivity index (χ1) is 8.70. The smallest absolute Gasteiger partial charge is 0.253 e. The lowest BCUT2D eigenvalue weighted by Crippen LogP contribution is -2.49. The lowest BCUT2D eigenvalue weighted by atomic mass is 10.2. The second-order valence-electron chi connectivity index (χ2n) is 4.36. The highest BCUT2D eigenvalue weighted by molar-refractivity contribution is 9.10. The topological polar surface area (TPSA) is 23.6 Å². The van der Waals surface area contributed by atoms with E-state index >= 15 is 0 Å². The number of thiol groups is 1. The van der Waals surface area contributed by atoms with Crippen molar-refractivity contribution in [3.63, 3.8) is 0 Å². The quantitative estimate of drug-likeness (QED) is 0.859. The summed E-state index contributed by atoms with van der Waals surface area (Å²) in [6.07, 6.45) is 0.